The van der Waals surface area contributed by atoms with Crippen LogP contribution in [0.3, 0.4) is 0 Å². The molecule has 2 aliphatic rings. The molecule has 130 valence electrons. The monoisotopic (exact) mass is 386 g/mol. The molecule has 0 atom stereocenters. The first-order chi connectivity index (χ1) is 12.0. The summed E-state index contributed by atoms with van der Waals surface area (Å²) in [5, 5.41) is 0. The standard InChI is InChI=1S/C22H23ClS2/c1-13-9-18(14(2)24-13)20-10-17(16-7-5-4-6-8-16)11-21(20)19-12-22(23)25-15(19)3/h9-12H,4-8H2,1-3H3. The largest absolute Gasteiger partial charge is 0.145 e. The van der Waals surface area contributed by atoms with E-state index in [1.54, 1.807) is 16.9 Å². The normalized spacial score (nSPS) is 17.9. The molecule has 2 aromatic heterocycles. The Labute approximate surface area is 163 Å². The minimum absolute atomic E-state index is 0.879. The quantitative estimate of drug-likeness (QED) is 0.488. The van der Waals surface area contributed by atoms with Gasteiger partial charge in [0.15, 0.2) is 0 Å². The van der Waals surface area contributed by atoms with Crippen molar-refractivity contribution in [2.75, 3.05) is 0 Å². The number of hydrogen-bond donors (Lipinski definition) is 0. The first-order valence-electron chi connectivity index (χ1n) is 9.02. The van der Waals surface area contributed by atoms with E-state index in [0.29, 0.717) is 0 Å². The summed E-state index contributed by atoms with van der Waals surface area (Å²) < 4.78 is 0.879. The molecule has 4 rings (SSSR count). The van der Waals surface area contributed by atoms with Gasteiger partial charge in [-0.2, -0.15) is 0 Å². The van der Waals surface area contributed by atoms with Gasteiger partial charge in [-0.25, -0.2) is 0 Å². The summed E-state index contributed by atoms with van der Waals surface area (Å²) >= 11 is 9.90. The SMILES string of the molecule is Cc1cc(C2=CC(=C3CCCCC3)C=C2c2cc(Cl)sc2C)c(C)s1. The molecule has 25 heavy (non-hydrogen) atoms. The summed E-state index contributed by atoms with van der Waals surface area (Å²) in [7, 11) is 0. The molecular weight excluding hydrogens is 364 g/mol. The highest BCUT2D eigenvalue weighted by molar-refractivity contribution is 7.16. The number of rotatable bonds is 2. The summed E-state index contributed by atoms with van der Waals surface area (Å²) in [6.07, 6.45) is 11.4. The second-order valence-electron chi connectivity index (χ2n) is 7.08. The maximum absolute atomic E-state index is 6.32. The first-order valence-corrected chi connectivity index (χ1v) is 11.0. The summed E-state index contributed by atoms with van der Waals surface area (Å²) in [6.45, 7) is 6.62. The molecule has 3 heteroatoms. The molecule has 2 aliphatic carbocycles. The second-order valence-corrected chi connectivity index (χ2v) is 10.4. The van der Waals surface area contributed by atoms with Gasteiger partial charge in [0.25, 0.3) is 0 Å². The van der Waals surface area contributed by atoms with Crippen LogP contribution in [-0.2, 0) is 0 Å². The zero-order valence-corrected chi connectivity index (χ0v) is 17.4. The summed E-state index contributed by atoms with van der Waals surface area (Å²) in [5.74, 6) is 0. The Morgan fingerprint density at radius 3 is 1.92 bits per heavy atom. The predicted molar refractivity (Wildman–Crippen MR) is 114 cm³/mol. The van der Waals surface area contributed by atoms with Crippen LogP contribution >= 0.6 is 34.3 Å². The van der Waals surface area contributed by atoms with Crippen LogP contribution in [0.15, 0.2) is 35.4 Å². The summed E-state index contributed by atoms with van der Waals surface area (Å²) in [5.41, 5.74) is 8.52. The number of thiophene rings is 2. The lowest BCUT2D eigenvalue weighted by Crippen LogP contribution is -1.95. The van der Waals surface area contributed by atoms with E-state index in [1.807, 2.05) is 11.3 Å². The van der Waals surface area contributed by atoms with E-state index in [-0.39, 0.29) is 0 Å². The third-order valence-electron chi connectivity index (χ3n) is 5.26. The fourth-order valence-electron chi connectivity index (χ4n) is 4.04. The Morgan fingerprint density at radius 2 is 1.40 bits per heavy atom. The third kappa shape index (κ3) is 3.32. The molecule has 0 nitrogen and oxygen atoms in total. The molecule has 1 saturated carbocycles. The van der Waals surface area contributed by atoms with Crippen LogP contribution in [0, 0.1) is 20.8 Å². The highest BCUT2D eigenvalue weighted by Gasteiger charge is 2.23. The van der Waals surface area contributed by atoms with Crippen molar-refractivity contribution in [1.29, 1.82) is 0 Å². The molecule has 0 unspecified atom stereocenters. The van der Waals surface area contributed by atoms with E-state index in [9.17, 15) is 0 Å². The molecule has 2 heterocycles. The van der Waals surface area contributed by atoms with Crippen LogP contribution in [0.25, 0.3) is 11.1 Å². The van der Waals surface area contributed by atoms with Crippen molar-refractivity contribution in [3.63, 3.8) is 0 Å². The van der Waals surface area contributed by atoms with Crippen LogP contribution in [-0.4, -0.2) is 0 Å². The molecule has 0 aliphatic heterocycles. The molecule has 0 aromatic carbocycles. The highest BCUT2D eigenvalue weighted by atomic mass is 35.5. The van der Waals surface area contributed by atoms with Crippen LogP contribution in [0.1, 0.15) is 57.9 Å². The fourth-order valence-corrected chi connectivity index (χ4v) is 6.18. The Morgan fingerprint density at radius 1 is 0.800 bits per heavy atom. The Kier molecular flexibility index (Phi) is 4.79. The zero-order chi connectivity index (χ0) is 17.6. The topological polar surface area (TPSA) is 0 Å². The lowest BCUT2D eigenvalue weighted by Gasteiger charge is -2.15. The first kappa shape index (κ1) is 17.3. The molecule has 2 aromatic rings. The van der Waals surface area contributed by atoms with Gasteiger partial charge >= 0.3 is 0 Å². The Balaban J connectivity index is 1.87. The van der Waals surface area contributed by atoms with E-state index in [2.05, 4.69) is 45.1 Å². The lowest BCUT2D eigenvalue weighted by molar-refractivity contribution is 0.597. The van der Waals surface area contributed by atoms with Crippen molar-refractivity contribution in [2.24, 2.45) is 0 Å². The maximum Gasteiger partial charge on any atom is 0.0937 e. The molecule has 0 radical (unpaired) electrons. The van der Waals surface area contributed by atoms with Gasteiger partial charge in [0.1, 0.15) is 0 Å². The smallest absolute Gasteiger partial charge is 0.0937 e. The summed E-state index contributed by atoms with van der Waals surface area (Å²) in [4.78, 5) is 4.09. The van der Waals surface area contributed by atoms with Crippen molar-refractivity contribution >= 4 is 45.4 Å². The lowest BCUT2D eigenvalue weighted by atomic mass is 9.91. The summed E-state index contributed by atoms with van der Waals surface area (Å²) in [6, 6.07) is 4.49. The van der Waals surface area contributed by atoms with Gasteiger partial charge in [-0.3, -0.25) is 0 Å². The van der Waals surface area contributed by atoms with Gasteiger partial charge in [-0.15, -0.1) is 22.7 Å². The highest BCUT2D eigenvalue weighted by Crippen LogP contribution is 2.46. The predicted octanol–water partition coefficient (Wildman–Crippen LogP) is 8.13. The van der Waals surface area contributed by atoms with Crippen molar-refractivity contribution in [3.05, 3.63) is 65.5 Å². The van der Waals surface area contributed by atoms with Crippen LogP contribution in [0.5, 0.6) is 0 Å². The van der Waals surface area contributed by atoms with Gasteiger partial charge in [0.05, 0.1) is 4.34 Å². The molecular formula is C22H23ClS2. The van der Waals surface area contributed by atoms with Crippen molar-refractivity contribution < 1.29 is 0 Å². The van der Waals surface area contributed by atoms with E-state index >= 15 is 0 Å². The van der Waals surface area contributed by atoms with Crippen LogP contribution in [0.2, 0.25) is 4.34 Å². The molecule has 1 fully saturated rings. The van der Waals surface area contributed by atoms with E-state index < -0.39 is 0 Å². The van der Waals surface area contributed by atoms with Gasteiger partial charge in [0, 0.05) is 14.6 Å². The van der Waals surface area contributed by atoms with E-state index in [1.165, 1.54) is 74.6 Å². The van der Waals surface area contributed by atoms with Gasteiger partial charge in [-0.1, -0.05) is 23.6 Å². The van der Waals surface area contributed by atoms with E-state index in [4.69, 9.17) is 11.6 Å². The van der Waals surface area contributed by atoms with Gasteiger partial charge in [-0.05, 0) is 98.6 Å². The number of aryl methyl sites for hydroxylation is 3. The van der Waals surface area contributed by atoms with Crippen LogP contribution < -0.4 is 0 Å². The Hall–Kier alpha value is -1.09. The molecule has 0 amide bonds. The second kappa shape index (κ2) is 6.90. The Bertz CT molecular complexity index is 846. The number of halogens is 1. The average molecular weight is 387 g/mol. The minimum atomic E-state index is 0.879. The van der Waals surface area contributed by atoms with Crippen molar-refractivity contribution in [3.8, 4) is 0 Å². The molecule has 0 N–H and O–H groups in total. The molecule has 0 spiro atoms. The molecule has 0 saturated heterocycles. The van der Waals surface area contributed by atoms with Crippen molar-refractivity contribution in [2.45, 2.75) is 52.9 Å². The van der Waals surface area contributed by atoms with Gasteiger partial charge in [0.2, 0.25) is 0 Å². The average Bonchev–Trinajstić information content (AvgIpc) is 3.25. The third-order valence-corrected chi connectivity index (χ3v) is 7.41. The fraction of sp³-hybridized carbons (Fsp3) is 0.364. The van der Waals surface area contributed by atoms with E-state index in [0.717, 1.165) is 4.34 Å². The van der Waals surface area contributed by atoms with Crippen LogP contribution in [0.4, 0.5) is 0 Å². The number of allylic oxidation sites excluding steroid dienone is 6. The maximum atomic E-state index is 6.32. The zero-order valence-electron chi connectivity index (χ0n) is 15.0. The minimum Gasteiger partial charge on any atom is -0.145 e. The van der Waals surface area contributed by atoms with Gasteiger partial charge < -0.3 is 0 Å². The van der Waals surface area contributed by atoms with Crippen molar-refractivity contribution in [1.82, 2.24) is 0 Å². The number of hydrogen-bond acceptors (Lipinski definition) is 2. The molecule has 0 bridgehead atoms.